The van der Waals surface area contributed by atoms with Crippen LogP contribution in [-0.4, -0.2) is 35.6 Å². The zero-order valence-corrected chi connectivity index (χ0v) is 10.0. The molecular weight excluding hydrogens is 216 g/mol. The van der Waals surface area contributed by atoms with Crippen molar-refractivity contribution in [3.63, 3.8) is 0 Å². The summed E-state index contributed by atoms with van der Waals surface area (Å²) in [5, 5.41) is 20.1. The molecule has 0 bridgehead atoms. The molecule has 1 unspecified atom stereocenters. The average molecular weight is 236 g/mol. The first-order valence-corrected chi connectivity index (χ1v) is 6.54. The molecule has 3 nitrogen and oxygen atoms in total. The molecule has 2 fully saturated rings. The van der Waals surface area contributed by atoms with Crippen molar-refractivity contribution in [2.24, 2.45) is 17.8 Å². The van der Waals surface area contributed by atoms with Gasteiger partial charge in [-0.25, -0.2) is 0 Å². The lowest BCUT2D eigenvalue weighted by Gasteiger charge is -2.30. The number of rotatable bonds is 1. The van der Waals surface area contributed by atoms with Gasteiger partial charge in [-0.3, -0.25) is 0 Å². The minimum atomic E-state index is -0.687. The molecule has 0 aromatic heterocycles. The van der Waals surface area contributed by atoms with Gasteiger partial charge in [-0.05, 0) is 24.8 Å². The lowest BCUT2D eigenvalue weighted by atomic mass is 9.79. The minimum Gasteiger partial charge on any atom is -0.396 e. The second-order valence-electron chi connectivity index (χ2n) is 5.56. The Labute approximate surface area is 102 Å². The molecule has 0 amide bonds. The third-order valence-electron chi connectivity index (χ3n) is 4.55. The van der Waals surface area contributed by atoms with Crippen molar-refractivity contribution in [1.29, 1.82) is 0 Å². The molecule has 2 aliphatic carbocycles. The Morgan fingerprint density at radius 1 is 1.47 bits per heavy atom. The fraction of sp³-hybridized carbons (Fsp3) is 0.714. The SMILES string of the molecule is OC[C@H]1C=C[C@]2(O)CCCC2/C=C2/COC[C@@H]21. The lowest BCUT2D eigenvalue weighted by Crippen LogP contribution is -2.32. The largest absolute Gasteiger partial charge is 0.396 e. The van der Waals surface area contributed by atoms with Gasteiger partial charge in [0.25, 0.3) is 0 Å². The second-order valence-corrected chi connectivity index (χ2v) is 5.56. The summed E-state index contributed by atoms with van der Waals surface area (Å²) in [5.74, 6) is 0.633. The van der Waals surface area contributed by atoms with Crippen LogP contribution in [0.3, 0.4) is 0 Å². The van der Waals surface area contributed by atoms with E-state index in [1.807, 2.05) is 12.2 Å². The number of hydrogen-bond acceptors (Lipinski definition) is 3. The van der Waals surface area contributed by atoms with Crippen molar-refractivity contribution >= 4 is 0 Å². The van der Waals surface area contributed by atoms with Crippen molar-refractivity contribution in [3.8, 4) is 0 Å². The molecule has 3 rings (SSSR count). The Morgan fingerprint density at radius 2 is 2.35 bits per heavy atom. The molecule has 0 spiro atoms. The summed E-state index contributed by atoms with van der Waals surface area (Å²) in [6.45, 7) is 1.50. The molecule has 2 N–H and O–H groups in total. The van der Waals surface area contributed by atoms with Crippen molar-refractivity contribution < 1.29 is 14.9 Å². The van der Waals surface area contributed by atoms with E-state index in [1.54, 1.807) is 0 Å². The summed E-state index contributed by atoms with van der Waals surface area (Å²) in [4.78, 5) is 0. The van der Waals surface area contributed by atoms with Crippen molar-refractivity contribution in [2.45, 2.75) is 24.9 Å². The summed E-state index contributed by atoms with van der Waals surface area (Å²) in [6, 6.07) is 0. The maximum absolute atomic E-state index is 10.6. The molecule has 1 heterocycles. The second kappa shape index (κ2) is 4.23. The Kier molecular flexibility index (Phi) is 2.85. The van der Waals surface area contributed by atoms with Crippen molar-refractivity contribution in [2.75, 3.05) is 19.8 Å². The number of aliphatic hydroxyl groups excluding tert-OH is 1. The first-order valence-electron chi connectivity index (χ1n) is 6.54. The molecule has 0 radical (unpaired) electrons. The van der Waals surface area contributed by atoms with Crippen molar-refractivity contribution in [1.82, 2.24) is 0 Å². The van der Waals surface area contributed by atoms with Crippen LogP contribution < -0.4 is 0 Å². The highest BCUT2D eigenvalue weighted by molar-refractivity contribution is 5.25. The predicted molar refractivity (Wildman–Crippen MR) is 64.4 cm³/mol. The van der Waals surface area contributed by atoms with Crippen LogP contribution in [0.1, 0.15) is 19.3 Å². The molecule has 1 saturated carbocycles. The third-order valence-corrected chi connectivity index (χ3v) is 4.55. The van der Waals surface area contributed by atoms with Crippen LogP contribution in [0.25, 0.3) is 0 Å². The molecular formula is C14H20O3. The Balaban J connectivity index is 1.97. The van der Waals surface area contributed by atoms with E-state index in [0.29, 0.717) is 19.1 Å². The van der Waals surface area contributed by atoms with Crippen LogP contribution in [-0.2, 0) is 4.74 Å². The van der Waals surface area contributed by atoms with Gasteiger partial charge >= 0.3 is 0 Å². The molecule has 3 heteroatoms. The zero-order valence-electron chi connectivity index (χ0n) is 10.0. The number of aliphatic hydroxyl groups is 2. The quantitative estimate of drug-likeness (QED) is 0.674. The minimum absolute atomic E-state index is 0.0920. The highest BCUT2D eigenvalue weighted by Crippen LogP contribution is 2.42. The molecule has 3 aliphatic rings. The predicted octanol–water partition coefficient (Wildman–Crippen LogP) is 1.27. The maximum atomic E-state index is 10.6. The van der Waals surface area contributed by atoms with Crippen LogP contribution in [0.2, 0.25) is 0 Å². The first-order chi connectivity index (χ1) is 8.23. The maximum Gasteiger partial charge on any atom is 0.0890 e. The Hall–Kier alpha value is -0.640. The van der Waals surface area contributed by atoms with E-state index in [2.05, 4.69) is 6.08 Å². The van der Waals surface area contributed by atoms with Crippen LogP contribution in [0.15, 0.2) is 23.8 Å². The van der Waals surface area contributed by atoms with Gasteiger partial charge in [0.05, 0.1) is 18.8 Å². The molecule has 1 saturated heterocycles. The van der Waals surface area contributed by atoms with Crippen LogP contribution in [0, 0.1) is 17.8 Å². The Bertz CT molecular complexity index is 360. The van der Waals surface area contributed by atoms with E-state index in [-0.39, 0.29) is 18.4 Å². The number of fused-ring (bicyclic) bond motifs is 2. The van der Waals surface area contributed by atoms with Crippen LogP contribution in [0.4, 0.5) is 0 Å². The van der Waals surface area contributed by atoms with E-state index in [1.165, 1.54) is 5.57 Å². The fourth-order valence-electron chi connectivity index (χ4n) is 3.43. The van der Waals surface area contributed by atoms with Gasteiger partial charge in [-0.1, -0.05) is 18.2 Å². The van der Waals surface area contributed by atoms with Gasteiger partial charge < -0.3 is 14.9 Å². The molecule has 17 heavy (non-hydrogen) atoms. The van der Waals surface area contributed by atoms with Crippen LogP contribution in [0.5, 0.6) is 0 Å². The van der Waals surface area contributed by atoms with E-state index < -0.39 is 5.60 Å². The average Bonchev–Trinajstić information content (AvgIpc) is 2.88. The Morgan fingerprint density at radius 3 is 3.18 bits per heavy atom. The van der Waals surface area contributed by atoms with Gasteiger partial charge in [-0.15, -0.1) is 0 Å². The standard InChI is InChI=1S/C14H20O3/c15-7-10-3-5-14(16)4-1-2-12(14)6-11-8-17-9-13(10)11/h3,5-6,10,12-13,15-16H,1-2,4,7-9H2/b5-3?,11-6-/t10-,12?,13-,14-/m1/s1. The summed E-state index contributed by atoms with van der Waals surface area (Å²) in [6.07, 6.45) is 9.12. The third kappa shape index (κ3) is 1.86. The summed E-state index contributed by atoms with van der Waals surface area (Å²) < 4.78 is 5.52. The van der Waals surface area contributed by atoms with Gasteiger partial charge in [0.15, 0.2) is 0 Å². The molecule has 4 atom stereocenters. The molecule has 0 aromatic carbocycles. The van der Waals surface area contributed by atoms with Gasteiger partial charge in [0, 0.05) is 24.4 Å². The molecule has 94 valence electrons. The van der Waals surface area contributed by atoms with Crippen LogP contribution >= 0.6 is 0 Å². The van der Waals surface area contributed by atoms with Gasteiger partial charge in [0.2, 0.25) is 0 Å². The topological polar surface area (TPSA) is 49.7 Å². The van der Waals surface area contributed by atoms with Crippen molar-refractivity contribution in [3.05, 3.63) is 23.8 Å². The number of hydrogen-bond donors (Lipinski definition) is 2. The summed E-state index contributed by atoms with van der Waals surface area (Å²) in [5.41, 5.74) is 0.590. The summed E-state index contributed by atoms with van der Waals surface area (Å²) in [7, 11) is 0. The first kappa shape index (κ1) is 11.5. The van der Waals surface area contributed by atoms with E-state index in [0.717, 1.165) is 19.3 Å². The lowest BCUT2D eigenvalue weighted by molar-refractivity contribution is 0.0665. The number of ether oxygens (including phenoxy) is 1. The molecule has 1 aliphatic heterocycles. The van der Waals surface area contributed by atoms with Gasteiger partial charge in [-0.2, -0.15) is 0 Å². The van der Waals surface area contributed by atoms with Gasteiger partial charge in [0.1, 0.15) is 0 Å². The monoisotopic (exact) mass is 236 g/mol. The zero-order chi connectivity index (χ0) is 11.9. The molecule has 0 aromatic rings. The van der Waals surface area contributed by atoms with E-state index >= 15 is 0 Å². The fourth-order valence-corrected chi connectivity index (χ4v) is 3.43. The normalized spacial score (nSPS) is 47.9. The summed E-state index contributed by atoms with van der Waals surface area (Å²) >= 11 is 0. The highest BCUT2D eigenvalue weighted by Gasteiger charge is 2.41. The van der Waals surface area contributed by atoms with E-state index in [4.69, 9.17) is 4.74 Å². The highest BCUT2D eigenvalue weighted by atomic mass is 16.5. The van der Waals surface area contributed by atoms with E-state index in [9.17, 15) is 10.2 Å². The smallest absolute Gasteiger partial charge is 0.0890 e.